The van der Waals surface area contributed by atoms with Crippen LogP contribution < -0.4 is 0 Å². The van der Waals surface area contributed by atoms with Gasteiger partial charge in [-0.2, -0.15) is 0 Å². The van der Waals surface area contributed by atoms with Gasteiger partial charge >= 0.3 is 0 Å². The van der Waals surface area contributed by atoms with Gasteiger partial charge in [0.05, 0.1) is 5.58 Å². The monoisotopic (exact) mass is 749 g/mol. The van der Waals surface area contributed by atoms with Crippen molar-refractivity contribution in [1.29, 1.82) is 0 Å². The second kappa shape index (κ2) is 13.7. The van der Waals surface area contributed by atoms with Crippen LogP contribution in [0.15, 0.2) is 114 Å². The second-order valence-electron chi connectivity index (χ2n) is 9.44. The summed E-state index contributed by atoms with van der Waals surface area (Å²) in [6, 6.07) is 33.1. The van der Waals surface area contributed by atoms with Gasteiger partial charge in [0, 0.05) is 58.7 Å². The average Bonchev–Trinajstić information content (AvgIpc) is 3.50. The van der Waals surface area contributed by atoms with Gasteiger partial charge in [0.15, 0.2) is 0 Å². The first-order chi connectivity index (χ1) is 24.9. The van der Waals surface area contributed by atoms with Crippen molar-refractivity contribution in [2.75, 3.05) is 0 Å². The molecule has 0 aliphatic rings. The van der Waals surface area contributed by atoms with E-state index in [0.29, 0.717) is 39.0 Å². The molecule has 4 aromatic heterocycles. The van der Waals surface area contributed by atoms with Crippen molar-refractivity contribution in [3.63, 3.8) is 0 Å². The molecule has 4 nitrogen and oxygen atoms in total. The van der Waals surface area contributed by atoms with Gasteiger partial charge < -0.3 is 14.4 Å². The zero-order valence-electron chi connectivity index (χ0n) is 33.7. The first kappa shape index (κ1) is 19.0. The maximum absolute atomic E-state index is 8.52. The zero-order valence-corrected chi connectivity index (χ0v) is 25.1. The maximum Gasteiger partial charge on any atom is 0.216 e. The molecule has 0 saturated heterocycles. The molecule has 4 heterocycles. The molecule has 7 rings (SSSR count). The van der Waals surface area contributed by atoms with E-state index in [2.05, 4.69) is 27.1 Å². The van der Waals surface area contributed by atoms with Gasteiger partial charge in [-0.15, -0.1) is 53.6 Å². The smallest absolute Gasteiger partial charge is 0.216 e. The van der Waals surface area contributed by atoms with Crippen molar-refractivity contribution in [2.45, 2.75) is 33.3 Å². The van der Waals surface area contributed by atoms with Crippen molar-refractivity contribution in [3.05, 3.63) is 150 Å². The Balaban J connectivity index is 0.000000230. The van der Waals surface area contributed by atoms with Gasteiger partial charge in [-0.25, -0.2) is 4.98 Å². The van der Waals surface area contributed by atoms with Gasteiger partial charge in [-0.1, -0.05) is 71.9 Å². The van der Waals surface area contributed by atoms with Gasteiger partial charge in [0.25, 0.3) is 0 Å². The van der Waals surface area contributed by atoms with E-state index >= 15 is 0 Å². The molecule has 0 aliphatic carbocycles. The van der Waals surface area contributed by atoms with Gasteiger partial charge in [-0.3, -0.25) is 0 Å². The summed E-state index contributed by atoms with van der Waals surface area (Å²) in [5.41, 5.74) is 4.90. The van der Waals surface area contributed by atoms with Crippen LogP contribution in [0.5, 0.6) is 0 Å². The molecule has 43 heavy (non-hydrogen) atoms. The predicted molar refractivity (Wildman–Crippen MR) is 170 cm³/mol. The van der Waals surface area contributed by atoms with Crippen molar-refractivity contribution >= 4 is 22.1 Å². The molecule has 0 spiro atoms. The second-order valence-corrected chi connectivity index (χ2v) is 9.44. The van der Waals surface area contributed by atoms with E-state index in [-0.39, 0.29) is 49.1 Å². The van der Waals surface area contributed by atoms with Crippen LogP contribution in [-0.4, -0.2) is 15.0 Å². The fourth-order valence-electron chi connectivity index (χ4n) is 4.43. The van der Waals surface area contributed by atoms with Crippen LogP contribution in [0, 0.1) is 32.7 Å². The van der Waals surface area contributed by atoms with Gasteiger partial charge in [0.1, 0.15) is 0 Å². The van der Waals surface area contributed by atoms with E-state index in [0.717, 1.165) is 10.9 Å². The molecular formula is C38H31IrN3O-2. The fourth-order valence-corrected chi connectivity index (χ4v) is 4.43. The van der Waals surface area contributed by atoms with Gasteiger partial charge in [0.2, 0.25) is 5.71 Å². The zero-order chi connectivity index (χ0) is 38.2. The summed E-state index contributed by atoms with van der Waals surface area (Å²) in [5.74, 6) is 0. The van der Waals surface area contributed by atoms with Crippen LogP contribution in [0.2, 0.25) is 0 Å². The Hall–Kier alpha value is -4.44. The van der Waals surface area contributed by atoms with E-state index < -0.39 is 26.9 Å². The van der Waals surface area contributed by atoms with Crippen molar-refractivity contribution in [3.8, 4) is 22.5 Å². The van der Waals surface area contributed by atoms with Crippen LogP contribution in [0.3, 0.4) is 0 Å². The Morgan fingerprint density at radius 3 is 2.44 bits per heavy atom. The van der Waals surface area contributed by atoms with Crippen LogP contribution in [-0.2, 0) is 32.9 Å². The number of pyridine rings is 3. The molecule has 3 aromatic carbocycles. The molecule has 0 amide bonds. The molecule has 0 atom stereocenters. The Morgan fingerprint density at radius 1 is 0.791 bits per heavy atom. The molecule has 7 aromatic rings. The quantitative estimate of drug-likeness (QED) is 0.165. The molecule has 0 N–H and O–H groups in total. The van der Waals surface area contributed by atoms with E-state index in [1.807, 2.05) is 30.3 Å². The molecule has 5 heteroatoms. The molecule has 0 unspecified atom stereocenters. The third-order valence-electron chi connectivity index (χ3n) is 6.50. The van der Waals surface area contributed by atoms with Crippen LogP contribution >= 0.6 is 0 Å². The summed E-state index contributed by atoms with van der Waals surface area (Å²) in [6.45, 7) is -6.66. The summed E-state index contributed by atoms with van der Waals surface area (Å²) in [7, 11) is 0. The molecule has 0 aliphatic heterocycles. The van der Waals surface area contributed by atoms with Crippen LogP contribution in [0.4, 0.5) is 0 Å². The SMILES string of the molecule is [2H]C([2H])([2H])c1c[c-]c(-c2ccc(C([2H])([2H])[2H])cn2)cc1.[2H]C([2H])([2H])c1ccc2c(n1)oc1c(-c3cc(CC([2H])([2H])c4ccccc4)ccn3)[c-]ccc12.[Ir]. The summed E-state index contributed by atoms with van der Waals surface area (Å²) >= 11 is 0. The normalized spacial score (nSPS) is 15.7. The molecule has 0 bridgehead atoms. The number of aromatic nitrogens is 3. The molecule has 215 valence electrons. The number of rotatable bonds is 5. The summed E-state index contributed by atoms with van der Waals surface area (Å²) in [5, 5.41) is 1.50. The molecule has 1 radical (unpaired) electrons. The Kier molecular flexibility index (Phi) is 6.04. The van der Waals surface area contributed by atoms with Gasteiger partial charge in [-0.05, 0) is 67.2 Å². The number of furan rings is 1. The van der Waals surface area contributed by atoms with Crippen molar-refractivity contribution < 1.29 is 39.6 Å². The first-order valence-electron chi connectivity index (χ1n) is 18.6. The Morgan fingerprint density at radius 2 is 1.67 bits per heavy atom. The number of aryl methyl sites for hydroxylation is 5. The molecule has 0 fully saturated rings. The molecule has 0 saturated carbocycles. The standard InChI is InChI=1S/C25H19N2O.C13H12N.Ir/c1-17-10-13-21-20-8-5-9-22(24(20)28-25(21)27-17)23-16-19(14-15-26-23)12-11-18-6-3-2-4-7-18;1-10-3-6-12(7-4-10)13-8-5-11(2)9-14-13;/h2-8,10,13-16H,11-12H2,1H3;3-6,8-9H,1-2H3;/q2*-1;/i1D3,11D2;1D3,2D3;. The Labute approximate surface area is 281 Å². The topological polar surface area (TPSA) is 51.8 Å². The fraction of sp³-hybridized carbons (Fsp3) is 0.132. The number of hydrogen-bond donors (Lipinski definition) is 0. The number of benzene rings is 3. The summed E-state index contributed by atoms with van der Waals surface area (Å²) < 4.78 is 89.5. The molecular weight excluding hydrogens is 707 g/mol. The predicted octanol–water partition coefficient (Wildman–Crippen LogP) is 9.10. The number of fused-ring (bicyclic) bond motifs is 3. The third kappa shape index (κ3) is 7.14. The van der Waals surface area contributed by atoms with E-state index in [9.17, 15) is 0 Å². The van der Waals surface area contributed by atoms with Crippen molar-refractivity contribution in [2.24, 2.45) is 0 Å². The minimum Gasteiger partial charge on any atom is -0.486 e. The average molecular weight is 749 g/mol. The first-order valence-corrected chi connectivity index (χ1v) is 13.1. The van der Waals surface area contributed by atoms with E-state index in [1.165, 1.54) is 30.5 Å². The van der Waals surface area contributed by atoms with Crippen molar-refractivity contribution in [1.82, 2.24) is 15.0 Å². The number of nitrogens with zero attached hydrogens (tertiary/aromatic N) is 3. The van der Waals surface area contributed by atoms with E-state index in [1.54, 1.807) is 48.7 Å². The maximum atomic E-state index is 8.52. The largest absolute Gasteiger partial charge is 0.486 e. The Bertz CT molecular complexity index is 2300. The minimum absolute atomic E-state index is 0. The van der Waals surface area contributed by atoms with E-state index in [4.69, 9.17) is 19.5 Å². The third-order valence-corrected chi connectivity index (χ3v) is 6.50. The summed E-state index contributed by atoms with van der Waals surface area (Å²) in [6.07, 6.45) is 1.59. The minimum atomic E-state index is -2.32. The summed E-state index contributed by atoms with van der Waals surface area (Å²) in [4.78, 5) is 12.7. The number of hydrogen-bond acceptors (Lipinski definition) is 4. The van der Waals surface area contributed by atoms with Crippen LogP contribution in [0.25, 0.3) is 44.6 Å². The van der Waals surface area contributed by atoms with Crippen LogP contribution in [0.1, 0.15) is 43.0 Å².